The molecule has 146 valence electrons. The molecular weight excluding hydrogens is 376 g/mol. The monoisotopic (exact) mass is 398 g/mol. The van der Waals surface area contributed by atoms with Crippen LogP contribution in [0.3, 0.4) is 0 Å². The maximum absolute atomic E-state index is 12.9. The number of amides is 2. The molecule has 1 N–H and O–H groups in total. The van der Waals surface area contributed by atoms with Gasteiger partial charge < -0.3 is 10.2 Å². The van der Waals surface area contributed by atoms with Crippen LogP contribution in [-0.2, 0) is 0 Å². The van der Waals surface area contributed by atoms with Crippen LogP contribution in [0.2, 0.25) is 5.02 Å². The number of carbonyl (C=O) groups is 3. The van der Waals surface area contributed by atoms with Crippen LogP contribution in [0, 0.1) is 5.92 Å². The summed E-state index contributed by atoms with van der Waals surface area (Å²) in [4.78, 5) is 38.9. The SMILES string of the molecule is CC(=O)c1ccccc1C(=O)N1CCC[C@@H](CNC(=O)c2ccccc2Cl)C1. The third-order valence-electron chi connectivity index (χ3n) is 5.01. The van der Waals surface area contributed by atoms with Crippen molar-refractivity contribution in [3.63, 3.8) is 0 Å². The molecule has 2 aromatic carbocycles. The Balaban J connectivity index is 1.63. The maximum atomic E-state index is 12.9. The molecule has 0 aliphatic carbocycles. The number of piperidine rings is 1. The molecule has 3 rings (SSSR count). The minimum atomic E-state index is -0.212. The molecule has 1 fully saturated rings. The van der Waals surface area contributed by atoms with E-state index in [0.29, 0.717) is 41.3 Å². The fraction of sp³-hybridized carbons (Fsp3) is 0.318. The molecule has 1 aliphatic heterocycles. The second kappa shape index (κ2) is 9.02. The molecule has 1 aliphatic rings. The molecule has 0 saturated carbocycles. The first-order valence-electron chi connectivity index (χ1n) is 9.39. The molecule has 0 unspecified atom stereocenters. The van der Waals surface area contributed by atoms with E-state index in [4.69, 9.17) is 11.6 Å². The van der Waals surface area contributed by atoms with Gasteiger partial charge in [0.2, 0.25) is 0 Å². The normalized spacial score (nSPS) is 16.5. The molecule has 0 bridgehead atoms. The number of rotatable bonds is 5. The summed E-state index contributed by atoms with van der Waals surface area (Å²) in [7, 11) is 0. The van der Waals surface area contributed by atoms with Crippen molar-refractivity contribution in [2.75, 3.05) is 19.6 Å². The second-order valence-corrected chi connectivity index (χ2v) is 7.46. The Kier molecular flexibility index (Phi) is 6.47. The van der Waals surface area contributed by atoms with Gasteiger partial charge in [-0.3, -0.25) is 14.4 Å². The number of ketones is 1. The van der Waals surface area contributed by atoms with E-state index in [9.17, 15) is 14.4 Å². The number of halogens is 1. The molecule has 2 aromatic rings. The number of nitrogens with one attached hydrogen (secondary N) is 1. The molecule has 28 heavy (non-hydrogen) atoms. The average Bonchev–Trinajstić information content (AvgIpc) is 2.72. The molecule has 6 heteroatoms. The zero-order valence-corrected chi connectivity index (χ0v) is 16.5. The first-order valence-corrected chi connectivity index (χ1v) is 9.77. The lowest BCUT2D eigenvalue weighted by atomic mass is 9.96. The predicted molar refractivity (Wildman–Crippen MR) is 109 cm³/mol. The van der Waals surface area contributed by atoms with Crippen LogP contribution >= 0.6 is 11.6 Å². The third kappa shape index (κ3) is 4.60. The second-order valence-electron chi connectivity index (χ2n) is 7.05. The van der Waals surface area contributed by atoms with Crippen molar-refractivity contribution >= 4 is 29.2 Å². The summed E-state index contributed by atoms with van der Waals surface area (Å²) in [5.74, 6) is -0.304. The molecule has 0 radical (unpaired) electrons. The number of benzene rings is 2. The van der Waals surface area contributed by atoms with Gasteiger partial charge in [-0.2, -0.15) is 0 Å². The lowest BCUT2D eigenvalue weighted by Crippen LogP contribution is -2.44. The highest BCUT2D eigenvalue weighted by molar-refractivity contribution is 6.33. The number of hydrogen-bond donors (Lipinski definition) is 1. The minimum absolute atomic E-state index is 0.121. The van der Waals surface area contributed by atoms with E-state index in [1.807, 2.05) is 0 Å². The van der Waals surface area contributed by atoms with Gasteiger partial charge in [-0.15, -0.1) is 0 Å². The average molecular weight is 399 g/mol. The molecule has 2 amide bonds. The van der Waals surface area contributed by atoms with E-state index in [1.54, 1.807) is 53.4 Å². The Hall–Kier alpha value is -2.66. The van der Waals surface area contributed by atoms with E-state index in [2.05, 4.69) is 5.32 Å². The Labute approximate surface area is 169 Å². The molecule has 0 spiro atoms. The number of carbonyl (C=O) groups excluding carboxylic acids is 3. The summed E-state index contributed by atoms with van der Waals surface area (Å²) in [6.45, 7) is 3.14. The molecule has 1 heterocycles. The summed E-state index contributed by atoms with van der Waals surface area (Å²) >= 11 is 6.07. The fourth-order valence-corrected chi connectivity index (χ4v) is 3.76. The van der Waals surface area contributed by atoms with Crippen LogP contribution in [0.25, 0.3) is 0 Å². The van der Waals surface area contributed by atoms with Crippen molar-refractivity contribution in [1.82, 2.24) is 10.2 Å². The number of hydrogen-bond acceptors (Lipinski definition) is 3. The summed E-state index contributed by atoms with van der Waals surface area (Å²) in [5.41, 5.74) is 1.33. The molecule has 1 saturated heterocycles. The lowest BCUT2D eigenvalue weighted by Gasteiger charge is -2.33. The van der Waals surface area contributed by atoms with Gasteiger partial charge in [0.05, 0.1) is 16.1 Å². The molecule has 0 aromatic heterocycles. The standard InChI is InChI=1S/C22H23ClN2O3/c1-15(26)17-8-2-3-9-18(17)22(28)25-12-6-7-16(14-25)13-24-21(27)19-10-4-5-11-20(19)23/h2-5,8-11,16H,6-7,12-14H2,1H3,(H,24,27)/t16-/m0/s1. The van der Waals surface area contributed by atoms with Gasteiger partial charge >= 0.3 is 0 Å². The highest BCUT2D eigenvalue weighted by Gasteiger charge is 2.26. The lowest BCUT2D eigenvalue weighted by molar-refractivity contribution is 0.0667. The van der Waals surface area contributed by atoms with Crippen molar-refractivity contribution in [3.8, 4) is 0 Å². The molecule has 1 atom stereocenters. The first kappa shape index (κ1) is 20.1. The molecule has 5 nitrogen and oxygen atoms in total. The number of likely N-dealkylation sites (tertiary alicyclic amines) is 1. The third-order valence-corrected chi connectivity index (χ3v) is 5.34. The Morgan fingerprint density at radius 2 is 1.68 bits per heavy atom. The van der Waals surface area contributed by atoms with Gasteiger partial charge in [0, 0.05) is 25.2 Å². The van der Waals surface area contributed by atoms with E-state index in [0.717, 1.165) is 12.8 Å². The van der Waals surface area contributed by atoms with E-state index in [-0.39, 0.29) is 23.5 Å². The summed E-state index contributed by atoms with van der Waals surface area (Å²) in [6.07, 6.45) is 1.79. The summed E-state index contributed by atoms with van der Waals surface area (Å²) in [6, 6.07) is 13.8. The molecular formula is C22H23ClN2O3. The largest absolute Gasteiger partial charge is 0.352 e. The van der Waals surface area contributed by atoms with E-state index >= 15 is 0 Å². The van der Waals surface area contributed by atoms with E-state index in [1.165, 1.54) is 6.92 Å². The number of nitrogens with zero attached hydrogens (tertiary/aromatic N) is 1. The van der Waals surface area contributed by atoms with Crippen LogP contribution in [0.15, 0.2) is 48.5 Å². The van der Waals surface area contributed by atoms with Crippen LogP contribution < -0.4 is 5.32 Å². The van der Waals surface area contributed by atoms with Gasteiger partial charge in [-0.25, -0.2) is 0 Å². The fourth-order valence-electron chi connectivity index (χ4n) is 3.54. The van der Waals surface area contributed by atoms with Crippen molar-refractivity contribution < 1.29 is 14.4 Å². The first-order chi connectivity index (χ1) is 13.5. The van der Waals surface area contributed by atoms with Crippen molar-refractivity contribution in [2.24, 2.45) is 5.92 Å². The van der Waals surface area contributed by atoms with Crippen LogP contribution in [-0.4, -0.2) is 42.1 Å². The smallest absolute Gasteiger partial charge is 0.254 e. The van der Waals surface area contributed by atoms with Gasteiger partial charge in [0.1, 0.15) is 0 Å². The Morgan fingerprint density at radius 3 is 2.36 bits per heavy atom. The van der Waals surface area contributed by atoms with Crippen LogP contribution in [0.1, 0.15) is 50.8 Å². The topological polar surface area (TPSA) is 66.5 Å². The van der Waals surface area contributed by atoms with Gasteiger partial charge in [-0.05, 0) is 43.9 Å². The maximum Gasteiger partial charge on any atom is 0.254 e. The zero-order valence-electron chi connectivity index (χ0n) is 15.8. The number of Topliss-reactive ketones (excluding diaryl/α,β-unsaturated/α-hetero) is 1. The van der Waals surface area contributed by atoms with Crippen molar-refractivity contribution in [3.05, 3.63) is 70.2 Å². The van der Waals surface area contributed by atoms with Gasteiger partial charge in [0.25, 0.3) is 11.8 Å². The van der Waals surface area contributed by atoms with E-state index < -0.39 is 0 Å². The summed E-state index contributed by atoms with van der Waals surface area (Å²) in [5, 5.41) is 3.34. The highest BCUT2D eigenvalue weighted by atomic mass is 35.5. The van der Waals surface area contributed by atoms with Gasteiger partial charge in [0.15, 0.2) is 5.78 Å². The van der Waals surface area contributed by atoms with Crippen LogP contribution in [0.4, 0.5) is 0 Å². The van der Waals surface area contributed by atoms with Crippen molar-refractivity contribution in [1.29, 1.82) is 0 Å². The minimum Gasteiger partial charge on any atom is -0.352 e. The van der Waals surface area contributed by atoms with Crippen LogP contribution in [0.5, 0.6) is 0 Å². The van der Waals surface area contributed by atoms with Gasteiger partial charge in [-0.1, -0.05) is 41.9 Å². The van der Waals surface area contributed by atoms with Crippen molar-refractivity contribution in [2.45, 2.75) is 19.8 Å². The zero-order chi connectivity index (χ0) is 20.1. The quantitative estimate of drug-likeness (QED) is 0.778. The Bertz CT molecular complexity index is 897. The Morgan fingerprint density at radius 1 is 1.04 bits per heavy atom. The summed E-state index contributed by atoms with van der Waals surface area (Å²) < 4.78 is 0. The highest BCUT2D eigenvalue weighted by Crippen LogP contribution is 2.21. The predicted octanol–water partition coefficient (Wildman–Crippen LogP) is 3.82.